The van der Waals surface area contributed by atoms with Crippen molar-refractivity contribution in [2.24, 2.45) is 11.8 Å². The van der Waals surface area contributed by atoms with Crippen LogP contribution >= 0.6 is 0 Å². The van der Waals surface area contributed by atoms with Crippen LogP contribution in [0.5, 0.6) is 0 Å². The SMILES string of the molecule is COCC(OO)C(C)C(C)C(C)OO. The molecule has 2 N–H and O–H groups in total. The van der Waals surface area contributed by atoms with Gasteiger partial charge in [0.1, 0.15) is 6.10 Å². The summed E-state index contributed by atoms with van der Waals surface area (Å²) in [5.41, 5.74) is 0. The lowest BCUT2D eigenvalue weighted by molar-refractivity contribution is -0.315. The summed E-state index contributed by atoms with van der Waals surface area (Å²) >= 11 is 0. The molecule has 5 heteroatoms. The molecule has 0 spiro atoms. The standard InChI is InChI=1S/C9H20O5/c1-6(8(3)13-10)7(2)9(14-11)5-12-4/h6-11H,5H2,1-4H3. The summed E-state index contributed by atoms with van der Waals surface area (Å²) in [6, 6.07) is 0. The van der Waals surface area contributed by atoms with Crippen LogP contribution in [0.4, 0.5) is 0 Å². The van der Waals surface area contributed by atoms with Crippen molar-refractivity contribution < 1.29 is 25.0 Å². The zero-order chi connectivity index (χ0) is 11.1. The molecule has 0 fully saturated rings. The molecule has 0 aromatic carbocycles. The monoisotopic (exact) mass is 208 g/mol. The van der Waals surface area contributed by atoms with Crippen LogP contribution in [-0.4, -0.2) is 36.4 Å². The highest BCUT2D eigenvalue weighted by Crippen LogP contribution is 2.22. The minimum absolute atomic E-state index is 0.0158. The Bertz CT molecular complexity index is 139. The van der Waals surface area contributed by atoms with Crippen LogP contribution in [0.1, 0.15) is 20.8 Å². The van der Waals surface area contributed by atoms with Gasteiger partial charge in [0, 0.05) is 7.11 Å². The van der Waals surface area contributed by atoms with Gasteiger partial charge in [0.25, 0.3) is 0 Å². The Morgan fingerprint density at radius 1 is 1.00 bits per heavy atom. The minimum Gasteiger partial charge on any atom is -0.382 e. The zero-order valence-corrected chi connectivity index (χ0v) is 9.14. The largest absolute Gasteiger partial charge is 0.382 e. The van der Waals surface area contributed by atoms with Gasteiger partial charge in [-0.15, -0.1) is 0 Å². The summed E-state index contributed by atoms with van der Waals surface area (Å²) in [5, 5.41) is 17.2. The first-order valence-electron chi connectivity index (χ1n) is 4.67. The average Bonchev–Trinajstić information content (AvgIpc) is 2.22. The van der Waals surface area contributed by atoms with Crippen molar-refractivity contribution >= 4 is 0 Å². The molecule has 0 saturated carbocycles. The van der Waals surface area contributed by atoms with E-state index in [1.165, 1.54) is 7.11 Å². The maximum absolute atomic E-state index is 8.65. The van der Waals surface area contributed by atoms with E-state index in [1.54, 1.807) is 6.92 Å². The molecule has 0 rings (SSSR count). The van der Waals surface area contributed by atoms with E-state index in [0.717, 1.165) is 0 Å². The van der Waals surface area contributed by atoms with E-state index < -0.39 is 6.10 Å². The van der Waals surface area contributed by atoms with Gasteiger partial charge in [-0.05, 0) is 18.8 Å². The predicted octanol–water partition coefficient (Wildman–Crippen LogP) is 1.64. The maximum atomic E-state index is 8.65. The fraction of sp³-hybridized carbons (Fsp3) is 1.00. The highest BCUT2D eigenvalue weighted by molar-refractivity contribution is 4.74. The fourth-order valence-corrected chi connectivity index (χ4v) is 1.30. The predicted molar refractivity (Wildman–Crippen MR) is 50.9 cm³/mol. The van der Waals surface area contributed by atoms with Crippen molar-refractivity contribution in [3.05, 3.63) is 0 Å². The Morgan fingerprint density at radius 2 is 1.57 bits per heavy atom. The smallest absolute Gasteiger partial charge is 0.119 e. The number of hydrogen-bond donors (Lipinski definition) is 2. The second-order valence-electron chi connectivity index (χ2n) is 3.63. The van der Waals surface area contributed by atoms with Crippen LogP contribution in [0.15, 0.2) is 0 Å². The highest BCUT2D eigenvalue weighted by atomic mass is 17.1. The summed E-state index contributed by atoms with van der Waals surface area (Å²) in [7, 11) is 1.54. The summed E-state index contributed by atoms with van der Waals surface area (Å²) in [6.07, 6.45) is -0.716. The van der Waals surface area contributed by atoms with Gasteiger partial charge in [-0.2, -0.15) is 0 Å². The van der Waals surface area contributed by atoms with Crippen molar-refractivity contribution in [3.63, 3.8) is 0 Å². The summed E-state index contributed by atoms with van der Waals surface area (Å²) in [4.78, 5) is 8.53. The molecule has 0 aliphatic heterocycles. The number of methoxy groups -OCH3 is 1. The molecule has 0 heterocycles. The van der Waals surface area contributed by atoms with Crippen LogP contribution in [0, 0.1) is 11.8 Å². The molecule has 0 saturated heterocycles. The molecule has 0 radical (unpaired) electrons. The van der Waals surface area contributed by atoms with Gasteiger partial charge in [-0.25, -0.2) is 9.78 Å². The molecule has 5 nitrogen and oxygen atoms in total. The van der Waals surface area contributed by atoms with Crippen LogP contribution in [-0.2, 0) is 14.5 Å². The first-order chi connectivity index (χ1) is 6.58. The number of hydrogen-bond acceptors (Lipinski definition) is 5. The van der Waals surface area contributed by atoms with Gasteiger partial charge < -0.3 is 4.74 Å². The van der Waals surface area contributed by atoms with Gasteiger partial charge in [-0.1, -0.05) is 13.8 Å². The van der Waals surface area contributed by atoms with Crippen LogP contribution in [0.25, 0.3) is 0 Å². The lowest BCUT2D eigenvalue weighted by Gasteiger charge is -2.28. The van der Waals surface area contributed by atoms with E-state index in [9.17, 15) is 0 Å². The molecule has 4 unspecified atom stereocenters. The maximum Gasteiger partial charge on any atom is 0.119 e. The van der Waals surface area contributed by atoms with Gasteiger partial charge in [0.05, 0.1) is 12.7 Å². The van der Waals surface area contributed by atoms with E-state index >= 15 is 0 Å². The molecule has 0 aliphatic rings. The zero-order valence-electron chi connectivity index (χ0n) is 9.14. The Morgan fingerprint density at radius 3 is 1.93 bits per heavy atom. The molecule has 0 bridgehead atoms. The van der Waals surface area contributed by atoms with Gasteiger partial charge in [-0.3, -0.25) is 10.5 Å². The first-order valence-corrected chi connectivity index (χ1v) is 4.67. The van der Waals surface area contributed by atoms with Gasteiger partial charge in [0.15, 0.2) is 0 Å². The van der Waals surface area contributed by atoms with Crippen LogP contribution in [0.3, 0.4) is 0 Å². The third-order valence-corrected chi connectivity index (χ3v) is 2.79. The topological polar surface area (TPSA) is 68.2 Å². The number of ether oxygens (including phenoxy) is 1. The van der Waals surface area contributed by atoms with Crippen molar-refractivity contribution in [1.82, 2.24) is 0 Å². The second kappa shape index (κ2) is 7.14. The first kappa shape index (κ1) is 13.8. The molecule has 14 heavy (non-hydrogen) atoms. The Labute approximate surface area is 84.4 Å². The van der Waals surface area contributed by atoms with Crippen molar-refractivity contribution in [2.45, 2.75) is 33.0 Å². The highest BCUT2D eigenvalue weighted by Gasteiger charge is 2.28. The number of rotatable bonds is 7. The Kier molecular flexibility index (Phi) is 7.04. The van der Waals surface area contributed by atoms with Gasteiger partial charge >= 0.3 is 0 Å². The molecular formula is C9H20O5. The van der Waals surface area contributed by atoms with Crippen molar-refractivity contribution in [2.75, 3.05) is 13.7 Å². The quantitative estimate of drug-likeness (QED) is 0.491. The van der Waals surface area contributed by atoms with E-state index in [0.29, 0.717) is 6.61 Å². The molecular weight excluding hydrogens is 188 g/mol. The molecule has 0 aromatic heterocycles. The summed E-state index contributed by atoms with van der Waals surface area (Å²) in [5.74, 6) is 0.0643. The Balaban J connectivity index is 4.17. The van der Waals surface area contributed by atoms with Crippen molar-refractivity contribution in [1.29, 1.82) is 0 Å². The normalized spacial score (nSPS) is 20.1. The second-order valence-corrected chi connectivity index (χ2v) is 3.63. The minimum atomic E-state index is -0.410. The molecule has 0 aliphatic carbocycles. The van der Waals surface area contributed by atoms with E-state index in [-0.39, 0.29) is 17.9 Å². The molecule has 0 amide bonds. The van der Waals surface area contributed by atoms with Crippen LogP contribution in [0.2, 0.25) is 0 Å². The summed E-state index contributed by atoms with van der Waals surface area (Å²) in [6.45, 7) is 5.87. The third-order valence-electron chi connectivity index (χ3n) is 2.79. The Hall–Kier alpha value is -0.200. The van der Waals surface area contributed by atoms with Crippen LogP contribution < -0.4 is 0 Å². The average molecular weight is 208 g/mol. The molecule has 86 valence electrons. The van der Waals surface area contributed by atoms with E-state index in [1.807, 2.05) is 13.8 Å². The third kappa shape index (κ3) is 3.89. The summed E-state index contributed by atoms with van der Waals surface area (Å²) < 4.78 is 4.89. The lowest BCUT2D eigenvalue weighted by atomic mass is 9.87. The molecule has 0 aromatic rings. The van der Waals surface area contributed by atoms with Crippen molar-refractivity contribution in [3.8, 4) is 0 Å². The fourth-order valence-electron chi connectivity index (χ4n) is 1.30. The lowest BCUT2D eigenvalue weighted by Crippen LogP contribution is -2.35. The molecule has 4 atom stereocenters. The van der Waals surface area contributed by atoms with E-state index in [2.05, 4.69) is 9.78 Å². The van der Waals surface area contributed by atoms with E-state index in [4.69, 9.17) is 15.3 Å². The van der Waals surface area contributed by atoms with Gasteiger partial charge in [0.2, 0.25) is 0 Å².